The lowest BCUT2D eigenvalue weighted by Gasteiger charge is -2.10. The van der Waals surface area contributed by atoms with Gasteiger partial charge in [-0.1, -0.05) is 30.3 Å². The summed E-state index contributed by atoms with van der Waals surface area (Å²) < 4.78 is 42.7. The van der Waals surface area contributed by atoms with Crippen molar-refractivity contribution in [2.45, 2.75) is 6.18 Å². The Morgan fingerprint density at radius 1 is 1.28 bits per heavy atom. The predicted molar refractivity (Wildman–Crippen MR) is 61.2 cm³/mol. The third-order valence-electron chi connectivity index (χ3n) is 2.11. The molecule has 0 fully saturated rings. The Balaban J connectivity index is 3.20. The first kappa shape index (κ1) is 13.8. The van der Waals surface area contributed by atoms with Gasteiger partial charge in [-0.15, -0.1) is 0 Å². The Kier molecular flexibility index (Phi) is 4.55. The Morgan fingerprint density at radius 3 is 2.33 bits per heavy atom. The van der Waals surface area contributed by atoms with Crippen LogP contribution in [0.15, 0.2) is 48.1 Å². The molecule has 94 valence electrons. The highest BCUT2D eigenvalue weighted by molar-refractivity contribution is 5.63. The summed E-state index contributed by atoms with van der Waals surface area (Å²) >= 11 is 0. The molecule has 18 heavy (non-hydrogen) atoms. The van der Waals surface area contributed by atoms with Gasteiger partial charge in [-0.05, 0) is 6.08 Å². The van der Waals surface area contributed by atoms with Crippen molar-refractivity contribution in [1.82, 2.24) is 0 Å². The van der Waals surface area contributed by atoms with E-state index in [-0.39, 0.29) is 5.76 Å². The number of nitrogens with zero attached hydrogens (tertiary/aromatic N) is 1. The molecule has 2 nitrogen and oxygen atoms in total. The van der Waals surface area contributed by atoms with Gasteiger partial charge >= 0.3 is 6.18 Å². The van der Waals surface area contributed by atoms with Crippen molar-refractivity contribution in [3.8, 4) is 6.07 Å². The minimum atomic E-state index is -4.59. The molecule has 1 aromatic rings. The second-order valence-corrected chi connectivity index (χ2v) is 3.31. The van der Waals surface area contributed by atoms with Crippen LogP contribution in [0.4, 0.5) is 13.2 Å². The number of rotatable bonds is 3. The molecule has 0 radical (unpaired) electrons. The van der Waals surface area contributed by atoms with Crippen LogP contribution in [0, 0.1) is 11.3 Å². The monoisotopic (exact) mass is 253 g/mol. The summed E-state index contributed by atoms with van der Waals surface area (Å²) in [6.07, 6.45) is -3.34. The lowest BCUT2D eigenvalue weighted by Crippen LogP contribution is -2.10. The fourth-order valence-corrected chi connectivity index (χ4v) is 1.28. The van der Waals surface area contributed by atoms with Gasteiger partial charge in [-0.25, -0.2) is 0 Å². The van der Waals surface area contributed by atoms with Crippen LogP contribution >= 0.6 is 0 Å². The number of halogens is 3. The van der Waals surface area contributed by atoms with E-state index < -0.39 is 11.7 Å². The lowest BCUT2D eigenvalue weighted by atomic mass is 10.1. The molecule has 0 saturated heterocycles. The van der Waals surface area contributed by atoms with Gasteiger partial charge in [0.2, 0.25) is 0 Å². The number of allylic oxidation sites excluding steroid dienone is 3. The Morgan fingerprint density at radius 2 is 1.89 bits per heavy atom. The first-order chi connectivity index (χ1) is 8.49. The second-order valence-electron chi connectivity index (χ2n) is 3.31. The van der Waals surface area contributed by atoms with Gasteiger partial charge < -0.3 is 4.74 Å². The molecule has 0 unspecified atom stereocenters. The van der Waals surface area contributed by atoms with Crippen LogP contribution in [0.3, 0.4) is 0 Å². The molecule has 0 bridgehead atoms. The highest BCUT2D eigenvalue weighted by Gasteiger charge is 2.32. The highest BCUT2D eigenvalue weighted by atomic mass is 19.4. The van der Waals surface area contributed by atoms with Crippen LogP contribution in [0.2, 0.25) is 0 Å². The van der Waals surface area contributed by atoms with E-state index in [1.54, 1.807) is 30.3 Å². The zero-order chi connectivity index (χ0) is 13.6. The molecule has 1 rings (SSSR count). The molecule has 0 atom stereocenters. The van der Waals surface area contributed by atoms with E-state index in [1.807, 2.05) is 0 Å². The SMILES string of the molecule is CO/C(=C\C(=C/C#N)C(F)(F)F)c1ccccc1. The molecule has 0 spiro atoms. The van der Waals surface area contributed by atoms with Gasteiger partial charge in [-0.3, -0.25) is 0 Å². The van der Waals surface area contributed by atoms with Crippen molar-refractivity contribution in [3.05, 3.63) is 53.6 Å². The number of nitriles is 1. The van der Waals surface area contributed by atoms with Crippen molar-refractivity contribution >= 4 is 5.76 Å². The Labute approximate surface area is 103 Å². The van der Waals surface area contributed by atoms with Gasteiger partial charge in [0.1, 0.15) is 5.76 Å². The number of hydrogen-bond acceptors (Lipinski definition) is 2. The largest absolute Gasteiger partial charge is 0.496 e. The summed E-state index contributed by atoms with van der Waals surface area (Å²) in [4.78, 5) is 0. The molecule has 0 amide bonds. The second kappa shape index (κ2) is 5.92. The van der Waals surface area contributed by atoms with E-state index in [4.69, 9.17) is 10.00 Å². The third kappa shape index (κ3) is 3.67. The first-order valence-corrected chi connectivity index (χ1v) is 4.97. The molecule has 0 N–H and O–H groups in total. The molecular formula is C13H10F3NO. The number of hydrogen-bond donors (Lipinski definition) is 0. The smallest absolute Gasteiger partial charge is 0.417 e. The summed E-state index contributed by atoms with van der Waals surface area (Å²) in [7, 11) is 1.28. The average Bonchev–Trinajstić information content (AvgIpc) is 2.34. The predicted octanol–water partition coefficient (Wildman–Crippen LogP) is 3.69. The maximum absolute atomic E-state index is 12.6. The summed E-state index contributed by atoms with van der Waals surface area (Å²) in [5, 5.41) is 8.36. The van der Waals surface area contributed by atoms with Crippen molar-refractivity contribution in [2.75, 3.05) is 7.11 Å². The summed E-state index contributed by atoms with van der Waals surface area (Å²) in [5.74, 6) is 0.0504. The van der Waals surface area contributed by atoms with Gasteiger partial charge in [0.25, 0.3) is 0 Å². The summed E-state index contributed by atoms with van der Waals surface area (Å²) in [6.45, 7) is 0. The fourth-order valence-electron chi connectivity index (χ4n) is 1.28. The van der Waals surface area contributed by atoms with Gasteiger partial charge in [0.15, 0.2) is 0 Å². The number of methoxy groups -OCH3 is 1. The maximum Gasteiger partial charge on any atom is 0.417 e. The van der Waals surface area contributed by atoms with Crippen molar-refractivity contribution in [2.24, 2.45) is 0 Å². The van der Waals surface area contributed by atoms with Crippen LogP contribution in [-0.4, -0.2) is 13.3 Å². The minimum Gasteiger partial charge on any atom is -0.496 e. The standard InChI is InChI=1S/C13H10F3NO/c1-18-12(10-5-3-2-4-6-10)9-11(7-8-17)13(14,15)16/h2-7,9H,1H3/b11-7+,12-9-. The van der Waals surface area contributed by atoms with E-state index in [1.165, 1.54) is 13.2 Å². The number of ether oxygens (including phenoxy) is 1. The Hall–Kier alpha value is -2.22. The molecular weight excluding hydrogens is 243 g/mol. The molecule has 0 heterocycles. The lowest BCUT2D eigenvalue weighted by molar-refractivity contribution is -0.0882. The molecule has 5 heteroatoms. The summed E-state index contributed by atoms with van der Waals surface area (Å²) in [5.41, 5.74) is -0.543. The number of benzene rings is 1. The molecule has 0 saturated carbocycles. The van der Waals surface area contributed by atoms with Crippen molar-refractivity contribution in [1.29, 1.82) is 5.26 Å². The third-order valence-corrected chi connectivity index (χ3v) is 2.11. The van der Waals surface area contributed by atoms with E-state index in [9.17, 15) is 13.2 Å². The number of alkyl halides is 3. The molecule has 1 aromatic carbocycles. The molecule has 0 aliphatic heterocycles. The van der Waals surface area contributed by atoms with Crippen LogP contribution in [-0.2, 0) is 4.74 Å². The van der Waals surface area contributed by atoms with Gasteiger partial charge in [0, 0.05) is 11.6 Å². The zero-order valence-electron chi connectivity index (χ0n) is 9.53. The highest BCUT2D eigenvalue weighted by Crippen LogP contribution is 2.29. The zero-order valence-corrected chi connectivity index (χ0v) is 9.53. The van der Waals surface area contributed by atoms with E-state index in [0.29, 0.717) is 11.6 Å². The van der Waals surface area contributed by atoms with Gasteiger partial charge in [-0.2, -0.15) is 18.4 Å². The van der Waals surface area contributed by atoms with Crippen LogP contribution in [0.5, 0.6) is 0 Å². The first-order valence-electron chi connectivity index (χ1n) is 4.97. The van der Waals surface area contributed by atoms with Crippen LogP contribution in [0.25, 0.3) is 5.76 Å². The van der Waals surface area contributed by atoms with Gasteiger partial charge in [0.05, 0.1) is 18.8 Å². The summed E-state index contributed by atoms with van der Waals surface area (Å²) in [6, 6.07) is 9.73. The maximum atomic E-state index is 12.6. The Bertz CT molecular complexity index is 495. The van der Waals surface area contributed by atoms with Crippen LogP contribution in [0.1, 0.15) is 5.56 Å². The van der Waals surface area contributed by atoms with Crippen molar-refractivity contribution in [3.63, 3.8) is 0 Å². The topological polar surface area (TPSA) is 33.0 Å². The van der Waals surface area contributed by atoms with E-state index >= 15 is 0 Å². The minimum absolute atomic E-state index is 0.0504. The fraction of sp³-hybridized carbons (Fsp3) is 0.154. The van der Waals surface area contributed by atoms with Crippen LogP contribution < -0.4 is 0 Å². The quantitative estimate of drug-likeness (QED) is 0.467. The molecule has 0 aromatic heterocycles. The van der Waals surface area contributed by atoms with E-state index in [0.717, 1.165) is 6.08 Å². The molecule has 0 aliphatic rings. The molecule has 0 aliphatic carbocycles. The van der Waals surface area contributed by atoms with Crippen molar-refractivity contribution < 1.29 is 17.9 Å². The van der Waals surface area contributed by atoms with E-state index in [2.05, 4.69) is 0 Å². The normalized spacial score (nSPS) is 13.1. The average molecular weight is 253 g/mol.